The fourth-order valence-corrected chi connectivity index (χ4v) is 1.56. The Balaban J connectivity index is 0. The molecular weight excluding hydrogens is 235 g/mol. The summed E-state index contributed by atoms with van der Waals surface area (Å²) in [6.07, 6.45) is 10.5. The Hall–Kier alpha value is 1.11. The molecule has 0 radical (unpaired) electrons. The van der Waals surface area contributed by atoms with Gasteiger partial charge in [-0.05, 0) is 6.42 Å². The Morgan fingerprint density at radius 2 is 1.47 bits per heavy atom. The van der Waals surface area contributed by atoms with Crippen molar-refractivity contribution in [1.82, 2.24) is 0 Å². The fourth-order valence-electron chi connectivity index (χ4n) is 1.39. The Morgan fingerprint density at radius 3 is 1.93 bits per heavy atom. The second-order valence-electron chi connectivity index (χ2n) is 3.57. The van der Waals surface area contributed by atoms with Crippen molar-refractivity contribution in [2.45, 2.75) is 58.3 Å². The van der Waals surface area contributed by atoms with E-state index < -0.39 is 0 Å². The topological polar surface area (TPSA) is 9.23 Å². The average Bonchev–Trinajstić information content (AvgIpc) is 2.15. The van der Waals surface area contributed by atoms with Crippen molar-refractivity contribution < 1.29 is 34.3 Å². The zero-order valence-corrected chi connectivity index (χ0v) is 13.7. The minimum absolute atomic E-state index is 0. The van der Waals surface area contributed by atoms with E-state index in [1.807, 2.05) is 0 Å². The molecule has 0 saturated carbocycles. The van der Waals surface area contributed by atoms with E-state index in [0.29, 0.717) is 6.61 Å². The van der Waals surface area contributed by atoms with Crippen LogP contribution < -0.4 is 29.6 Å². The van der Waals surface area contributed by atoms with Crippen LogP contribution in [0.15, 0.2) is 0 Å². The normalized spacial score (nSPS) is 9.40. The van der Waals surface area contributed by atoms with Crippen molar-refractivity contribution in [3.63, 3.8) is 0 Å². The smallest absolute Gasteiger partial charge is 0.514 e. The molecule has 0 aliphatic rings. The zero-order chi connectivity index (χ0) is 10.6. The summed E-state index contributed by atoms with van der Waals surface area (Å²) in [5.74, 6) is 0. The third-order valence-corrected chi connectivity index (χ3v) is 2.45. The van der Waals surface area contributed by atoms with Crippen LogP contribution >= 0.6 is 12.2 Å². The summed E-state index contributed by atoms with van der Waals surface area (Å²) < 4.78 is 5.29. The quantitative estimate of drug-likeness (QED) is 0.263. The molecular formula is C11H21NaOS2. The van der Waals surface area contributed by atoms with Crippen LogP contribution in [0.25, 0.3) is 0 Å². The number of hydrogen-bond acceptors (Lipinski definition) is 3. The molecule has 15 heavy (non-hydrogen) atoms. The maximum atomic E-state index is 5.03. The van der Waals surface area contributed by atoms with Crippen LogP contribution in [0.1, 0.15) is 58.3 Å². The van der Waals surface area contributed by atoms with Crippen LogP contribution in [0.4, 0.5) is 0 Å². The van der Waals surface area contributed by atoms with E-state index >= 15 is 0 Å². The Labute approximate surface area is 127 Å². The second kappa shape index (κ2) is 15.1. The van der Waals surface area contributed by atoms with E-state index in [0.717, 1.165) is 6.42 Å². The molecule has 0 spiro atoms. The van der Waals surface area contributed by atoms with Crippen molar-refractivity contribution >= 4 is 29.2 Å². The molecule has 0 aliphatic heterocycles. The van der Waals surface area contributed by atoms with Gasteiger partial charge in [0.05, 0.1) is 6.61 Å². The summed E-state index contributed by atoms with van der Waals surface area (Å²) >= 11 is 9.27. The first kappa shape index (κ1) is 18.5. The van der Waals surface area contributed by atoms with Gasteiger partial charge in [-0.3, -0.25) is 0 Å². The summed E-state index contributed by atoms with van der Waals surface area (Å²) in [4.78, 5) is 0. The molecule has 0 unspecified atom stereocenters. The van der Waals surface area contributed by atoms with E-state index in [4.69, 9.17) is 4.74 Å². The third kappa shape index (κ3) is 17.7. The standard InChI is InChI=1S/C11H22OS2.Na/c1-2-3-4-5-6-7-8-9-10-12-11(13)14;/h2-10H2,1H3,(H,13,14);/q;+1/p-1. The number of ether oxygens (including phenoxy) is 1. The van der Waals surface area contributed by atoms with Gasteiger partial charge in [-0.2, -0.15) is 0 Å². The second-order valence-corrected chi connectivity index (χ2v) is 4.57. The van der Waals surface area contributed by atoms with Crippen LogP contribution in [-0.4, -0.2) is 11.0 Å². The van der Waals surface area contributed by atoms with Gasteiger partial charge in [-0.1, -0.05) is 51.9 Å². The monoisotopic (exact) mass is 256 g/mol. The molecule has 0 aromatic rings. The van der Waals surface area contributed by atoms with Crippen LogP contribution in [0.5, 0.6) is 0 Å². The Kier molecular flexibility index (Phi) is 18.6. The first-order valence-electron chi connectivity index (χ1n) is 5.61. The van der Waals surface area contributed by atoms with Gasteiger partial charge in [0, 0.05) is 4.38 Å². The van der Waals surface area contributed by atoms with Gasteiger partial charge < -0.3 is 29.6 Å². The van der Waals surface area contributed by atoms with Crippen molar-refractivity contribution in [3.05, 3.63) is 0 Å². The van der Waals surface area contributed by atoms with Crippen molar-refractivity contribution in [1.29, 1.82) is 0 Å². The van der Waals surface area contributed by atoms with Gasteiger partial charge in [0.15, 0.2) is 0 Å². The molecule has 0 bridgehead atoms. The maximum absolute atomic E-state index is 5.03. The van der Waals surface area contributed by atoms with Crippen LogP contribution in [-0.2, 0) is 17.4 Å². The van der Waals surface area contributed by atoms with Gasteiger partial charge in [0.25, 0.3) is 0 Å². The average molecular weight is 256 g/mol. The summed E-state index contributed by atoms with van der Waals surface area (Å²) in [6, 6.07) is 0. The molecule has 4 heteroatoms. The Bertz CT molecular complexity index is 143. The molecule has 0 atom stereocenters. The van der Waals surface area contributed by atoms with Gasteiger partial charge in [0.2, 0.25) is 0 Å². The van der Waals surface area contributed by atoms with Crippen molar-refractivity contribution in [2.24, 2.45) is 0 Å². The molecule has 0 rings (SSSR count). The van der Waals surface area contributed by atoms with Crippen molar-refractivity contribution in [2.75, 3.05) is 6.61 Å². The molecule has 0 aromatic carbocycles. The minimum Gasteiger partial charge on any atom is -0.514 e. The zero-order valence-electron chi connectivity index (χ0n) is 10.1. The summed E-state index contributed by atoms with van der Waals surface area (Å²) in [7, 11) is 0. The first-order valence-corrected chi connectivity index (χ1v) is 6.42. The fraction of sp³-hybridized carbons (Fsp3) is 0.909. The largest absolute Gasteiger partial charge is 1.00 e. The molecule has 0 saturated heterocycles. The molecule has 0 aromatic heterocycles. The predicted octanol–water partition coefficient (Wildman–Crippen LogP) is 0.979. The number of rotatable bonds is 9. The number of unbranched alkanes of at least 4 members (excludes halogenated alkanes) is 7. The van der Waals surface area contributed by atoms with Crippen molar-refractivity contribution in [3.8, 4) is 0 Å². The van der Waals surface area contributed by atoms with Gasteiger partial charge in [-0.25, -0.2) is 0 Å². The van der Waals surface area contributed by atoms with Crippen LogP contribution in [0, 0.1) is 0 Å². The summed E-state index contributed by atoms with van der Waals surface area (Å²) in [6.45, 7) is 2.95. The Morgan fingerprint density at radius 1 is 1.00 bits per heavy atom. The molecule has 0 fully saturated rings. The third-order valence-electron chi connectivity index (χ3n) is 2.22. The predicted molar refractivity (Wildman–Crippen MR) is 68.5 cm³/mol. The van der Waals surface area contributed by atoms with E-state index in [-0.39, 0.29) is 33.9 Å². The maximum Gasteiger partial charge on any atom is 1.00 e. The van der Waals surface area contributed by atoms with E-state index in [1.165, 1.54) is 44.9 Å². The first-order chi connectivity index (χ1) is 6.77. The van der Waals surface area contributed by atoms with Gasteiger partial charge in [-0.15, -0.1) is 0 Å². The van der Waals surface area contributed by atoms with Crippen LogP contribution in [0.3, 0.4) is 0 Å². The van der Waals surface area contributed by atoms with E-state index in [1.54, 1.807) is 0 Å². The molecule has 0 heterocycles. The molecule has 1 nitrogen and oxygen atoms in total. The van der Waals surface area contributed by atoms with Gasteiger partial charge >= 0.3 is 29.6 Å². The number of hydrogen-bond donors (Lipinski definition) is 0. The number of thiocarbonyl (C=S) groups is 1. The SMILES string of the molecule is CCCCCCCCCCOC(=S)[S-].[Na+]. The molecule has 0 N–H and O–H groups in total. The summed E-state index contributed by atoms with van der Waals surface area (Å²) in [5, 5.41) is 0. The molecule has 0 aliphatic carbocycles. The van der Waals surface area contributed by atoms with Crippen LogP contribution in [0.2, 0.25) is 0 Å². The van der Waals surface area contributed by atoms with Gasteiger partial charge in [0.1, 0.15) is 0 Å². The summed E-state index contributed by atoms with van der Waals surface area (Å²) in [5.41, 5.74) is 0. The molecule has 84 valence electrons. The van der Waals surface area contributed by atoms with E-state index in [2.05, 4.69) is 31.8 Å². The van der Waals surface area contributed by atoms with E-state index in [9.17, 15) is 0 Å². The minimum atomic E-state index is 0. The molecule has 0 amide bonds.